The average Bonchev–Trinajstić information content (AvgIpc) is 3.11. The van der Waals surface area contributed by atoms with Gasteiger partial charge in [-0.3, -0.25) is 4.90 Å². The number of nitrogens with zero attached hydrogens (tertiary/aromatic N) is 3. The lowest BCUT2D eigenvalue weighted by molar-refractivity contribution is 0.176. The first-order valence-corrected chi connectivity index (χ1v) is 10.9. The van der Waals surface area contributed by atoms with Gasteiger partial charge in [-0.25, -0.2) is 14.4 Å². The Balaban J connectivity index is 0.00000300. The third-order valence-electron chi connectivity index (χ3n) is 5.03. The molecule has 5 nitrogen and oxygen atoms in total. The summed E-state index contributed by atoms with van der Waals surface area (Å²) < 4.78 is 13.8. The van der Waals surface area contributed by atoms with E-state index >= 15 is 0 Å². The number of halogens is 2. The molecular formula is C21H31FIN5S. The highest BCUT2D eigenvalue weighted by Crippen LogP contribution is 2.19. The zero-order valence-electron chi connectivity index (χ0n) is 17.2. The van der Waals surface area contributed by atoms with Crippen molar-refractivity contribution in [1.29, 1.82) is 0 Å². The molecule has 1 aliphatic heterocycles. The lowest BCUT2D eigenvalue weighted by Crippen LogP contribution is -2.42. The van der Waals surface area contributed by atoms with Gasteiger partial charge in [0.2, 0.25) is 0 Å². The topological polar surface area (TPSA) is 52.6 Å². The summed E-state index contributed by atoms with van der Waals surface area (Å²) in [6.45, 7) is 9.28. The van der Waals surface area contributed by atoms with E-state index in [9.17, 15) is 4.39 Å². The molecule has 8 heteroatoms. The fraction of sp³-hybridized carbons (Fsp3) is 0.524. The SMILES string of the molecule is CCNC(=NCc1ccccc1F)NCC1CCN(Cc2csc(C)n2)CC1.I. The van der Waals surface area contributed by atoms with Crippen LogP contribution in [0.5, 0.6) is 0 Å². The molecule has 0 bridgehead atoms. The Kier molecular flexibility index (Phi) is 10.3. The molecule has 0 unspecified atom stereocenters. The Bertz CT molecular complexity index is 774. The van der Waals surface area contributed by atoms with E-state index in [0.29, 0.717) is 18.0 Å². The maximum Gasteiger partial charge on any atom is 0.191 e. The van der Waals surface area contributed by atoms with Crippen molar-refractivity contribution in [3.05, 3.63) is 51.7 Å². The number of nitrogens with one attached hydrogen (secondary N) is 2. The van der Waals surface area contributed by atoms with E-state index < -0.39 is 0 Å². The van der Waals surface area contributed by atoms with Gasteiger partial charge in [0.25, 0.3) is 0 Å². The number of guanidine groups is 1. The molecule has 0 spiro atoms. The predicted molar refractivity (Wildman–Crippen MR) is 129 cm³/mol. The molecule has 2 N–H and O–H groups in total. The minimum absolute atomic E-state index is 0. The first-order valence-electron chi connectivity index (χ1n) is 10.0. The second kappa shape index (κ2) is 12.4. The summed E-state index contributed by atoms with van der Waals surface area (Å²) in [5.74, 6) is 1.18. The Morgan fingerprint density at radius 3 is 2.69 bits per heavy atom. The van der Waals surface area contributed by atoms with Crippen LogP contribution in [0.15, 0.2) is 34.6 Å². The molecule has 1 saturated heterocycles. The number of piperidine rings is 1. The fourth-order valence-corrected chi connectivity index (χ4v) is 4.04. The Hall–Kier alpha value is -1.26. The highest BCUT2D eigenvalue weighted by atomic mass is 127. The van der Waals surface area contributed by atoms with Gasteiger partial charge in [0.1, 0.15) is 5.82 Å². The monoisotopic (exact) mass is 531 g/mol. The summed E-state index contributed by atoms with van der Waals surface area (Å²) in [5.41, 5.74) is 1.80. The lowest BCUT2D eigenvalue weighted by atomic mass is 9.97. The number of hydrogen-bond donors (Lipinski definition) is 2. The van der Waals surface area contributed by atoms with Gasteiger partial charge in [-0.15, -0.1) is 35.3 Å². The predicted octanol–water partition coefficient (Wildman–Crippen LogP) is 4.18. The van der Waals surface area contributed by atoms with Crippen LogP contribution in [0.1, 0.15) is 36.0 Å². The molecule has 29 heavy (non-hydrogen) atoms. The molecule has 0 saturated carbocycles. The number of aryl methyl sites for hydroxylation is 1. The first kappa shape index (κ1) is 24.0. The molecule has 0 atom stereocenters. The van der Waals surface area contributed by atoms with Gasteiger partial charge in [0, 0.05) is 30.6 Å². The number of benzene rings is 1. The van der Waals surface area contributed by atoms with Crippen LogP contribution in [-0.2, 0) is 13.1 Å². The number of aromatic nitrogens is 1. The largest absolute Gasteiger partial charge is 0.357 e. The van der Waals surface area contributed by atoms with Crippen molar-refractivity contribution in [2.24, 2.45) is 10.9 Å². The van der Waals surface area contributed by atoms with E-state index in [1.54, 1.807) is 23.5 Å². The van der Waals surface area contributed by atoms with Crippen LogP contribution in [0.25, 0.3) is 0 Å². The van der Waals surface area contributed by atoms with Crippen LogP contribution < -0.4 is 10.6 Å². The molecule has 3 rings (SSSR count). The van der Waals surface area contributed by atoms with E-state index in [4.69, 9.17) is 0 Å². The van der Waals surface area contributed by atoms with Crippen molar-refractivity contribution in [2.45, 2.75) is 39.8 Å². The van der Waals surface area contributed by atoms with Crippen molar-refractivity contribution >= 4 is 41.3 Å². The van der Waals surface area contributed by atoms with Crippen LogP contribution in [-0.4, -0.2) is 42.0 Å². The fourth-order valence-electron chi connectivity index (χ4n) is 3.43. The quantitative estimate of drug-likeness (QED) is 0.320. The van der Waals surface area contributed by atoms with Gasteiger partial charge in [-0.05, 0) is 51.8 Å². The van der Waals surface area contributed by atoms with Gasteiger partial charge >= 0.3 is 0 Å². The van der Waals surface area contributed by atoms with Gasteiger partial charge in [-0.2, -0.15) is 0 Å². The van der Waals surface area contributed by atoms with Crippen LogP contribution >= 0.6 is 35.3 Å². The summed E-state index contributed by atoms with van der Waals surface area (Å²) in [6.07, 6.45) is 2.34. The van der Waals surface area contributed by atoms with Gasteiger partial charge in [0.15, 0.2) is 5.96 Å². The second-order valence-corrected chi connectivity index (χ2v) is 8.31. The summed E-state index contributed by atoms with van der Waals surface area (Å²) >= 11 is 1.72. The molecule has 1 fully saturated rings. The van der Waals surface area contributed by atoms with E-state index in [1.165, 1.54) is 24.6 Å². The van der Waals surface area contributed by atoms with Crippen molar-refractivity contribution in [3.63, 3.8) is 0 Å². The first-order chi connectivity index (χ1) is 13.6. The Morgan fingerprint density at radius 2 is 2.03 bits per heavy atom. The lowest BCUT2D eigenvalue weighted by Gasteiger charge is -2.31. The highest BCUT2D eigenvalue weighted by molar-refractivity contribution is 14.0. The summed E-state index contributed by atoms with van der Waals surface area (Å²) in [4.78, 5) is 11.6. The number of aliphatic imine (C=N–C) groups is 1. The molecule has 1 aromatic heterocycles. The van der Waals surface area contributed by atoms with Crippen LogP contribution in [0.2, 0.25) is 0 Å². The molecular weight excluding hydrogens is 500 g/mol. The van der Waals surface area contributed by atoms with Crippen molar-refractivity contribution < 1.29 is 4.39 Å². The van der Waals surface area contributed by atoms with Crippen molar-refractivity contribution in [1.82, 2.24) is 20.5 Å². The number of likely N-dealkylation sites (tertiary alicyclic amines) is 1. The van der Waals surface area contributed by atoms with Gasteiger partial charge < -0.3 is 10.6 Å². The smallest absolute Gasteiger partial charge is 0.191 e. The number of thiazole rings is 1. The molecule has 0 amide bonds. The molecule has 2 aromatic rings. The summed E-state index contributed by atoms with van der Waals surface area (Å²) in [6, 6.07) is 6.80. The van der Waals surface area contributed by atoms with Crippen LogP contribution in [0, 0.1) is 18.7 Å². The van der Waals surface area contributed by atoms with E-state index in [-0.39, 0.29) is 29.8 Å². The molecule has 0 radical (unpaired) electrons. The van der Waals surface area contributed by atoms with Crippen molar-refractivity contribution in [2.75, 3.05) is 26.2 Å². The summed E-state index contributed by atoms with van der Waals surface area (Å²) in [5, 5.41) is 9.99. The zero-order chi connectivity index (χ0) is 19.8. The average molecular weight is 531 g/mol. The maximum atomic E-state index is 13.8. The van der Waals surface area contributed by atoms with E-state index in [2.05, 4.69) is 37.8 Å². The Morgan fingerprint density at radius 1 is 1.28 bits per heavy atom. The van der Waals surface area contributed by atoms with Gasteiger partial charge in [0.05, 0.1) is 17.2 Å². The Labute approximate surface area is 194 Å². The highest BCUT2D eigenvalue weighted by Gasteiger charge is 2.20. The van der Waals surface area contributed by atoms with Crippen molar-refractivity contribution in [3.8, 4) is 0 Å². The van der Waals surface area contributed by atoms with E-state index in [1.807, 2.05) is 13.0 Å². The third kappa shape index (κ3) is 7.82. The second-order valence-electron chi connectivity index (χ2n) is 7.24. The van der Waals surface area contributed by atoms with Crippen LogP contribution in [0.3, 0.4) is 0 Å². The van der Waals surface area contributed by atoms with Crippen LogP contribution in [0.4, 0.5) is 4.39 Å². The number of hydrogen-bond acceptors (Lipinski definition) is 4. The summed E-state index contributed by atoms with van der Waals surface area (Å²) in [7, 11) is 0. The normalized spacial score (nSPS) is 15.8. The van der Waals surface area contributed by atoms with E-state index in [0.717, 1.165) is 43.7 Å². The minimum Gasteiger partial charge on any atom is -0.357 e. The molecule has 0 aliphatic carbocycles. The van der Waals surface area contributed by atoms with Gasteiger partial charge in [-0.1, -0.05) is 18.2 Å². The standard InChI is InChI=1S/C21H30FN5S.HI/c1-3-23-21(25-13-18-6-4-5-7-20(18)22)24-12-17-8-10-27(11-9-17)14-19-15-28-16(2)26-19;/h4-7,15,17H,3,8-14H2,1-2H3,(H2,23,24,25);1H. The third-order valence-corrected chi connectivity index (χ3v) is 5.85. The number of rotatable bonds is 7. The minimum atomic E-state index is -0.204. The molecule has 160 valence electrons. The maximum absolute atomic E-state index is 13.8. The zero-order valence-corrected chi connectivity index (χ0v) is 20.3. The molecule has 1 aromatic carbocycles. The molecule has 2 heterocycles. The molecule has 1 aliphatic rings.